The molecule has 0 aliphatic carbocycles. The summed E-state index contributed by atoms with van der Waals surface area (Å²) in [5.41, 5.74) is 1.60. The molecule has 0 saturated carbocycles. The molecule has 18 heavy (non-hydrogen) atoms. The average Bonchev–Trinajstić information content (AvgIpc) is 2.92. The summed E-state index contributed by atoms with van der Waals surface area (Å²) in [6.45, 7) is 0.568. The Bertz CT molecular complexity index is 509. The van der Waals surface area contributed by atoms with Gasteiger partial charge in [-0.15, -0.1) is 0 Å². The number of H-pyrrole nitrogens is 1. The van der Waals surface area contributed by atoms with Crippen molar-refractivity contribution < 1.29 is 4.79 Å². The van der Waals surface area contributed by atoms with Gasteiger partial charge < -0.3 is 15.6 Å². The number of anilines is 1. The molecule has 6 heteroatoms. The quantitative estimate of drug-likeness (QED) is 0.728. The molecule has 0 aliphatic rings. The van der Waals surface area contributed by atoms with E-state index in [0.29, 0.717) is 17.9 Å². The third-order valence-corrected chi connectivity index (χ3v) is 2.51. The minimum absolute atomic E-state index is 0.103. The smallest absolute Gasteiger partial charge is 0.251 e. The number of amides is 1. The summed E-state index contributed by atoms with van der Waals surface area (Å²) in [4.78, 5) is 22.8. The van der Waals surface area contributed by atoms with Crippen molar-refractivity contribution in [3.05, 3.63) is 42.1 Å². The van der Waals surface area contributed by atoms with Crippen molar-refractivity contribution in [1.29, 1.82) is 0 Å². The van der Waals surface area contributed by atoms with Gasteiger partial charge in [0.15, 0.2) is 0 Å². The molecule has 0 radical (unpaired) electrons. The van der Waals surface area contributed by atoms with E-state index >= 15 is 0 Å². The number of rotatable bonds is 5. The first-order valence-corrected chi connectivity index (χ1v) is 5.69. The van der Waals surface area contributed by atoms with Gasteiger partial charge in [0.25, 0.3) is 5.91 Å². The first-order chi connectivity index (χ1) is 8.79. The van der Waals surface area contributed by atoms with Crippen molar-refractivity contribution in [2.75, 3.05) is 18.9 Å². The average molecular weight is 245 g/mol. The fraction of sp³-hybridized carbons (Fsp3) is 0.250. The summed E-state index contributed by atoms with van der Waals surface area (Å²) in [5.74, 6) is 0.574. The molecule has 0 bridgehead atoms. The Kier molecular flexibility index (Phi) is 3.90. The van der Waals surface area contributed by atoms with Crippen molar-refractivity contribution in [1.82, 2.24) is 20.3 Å². The Hall–Kier alpha value is -2.37. The van der Waals surface area contributed by atoms with Crippen LogP contribution in [0.5, 0.6) is 0 Å². The molecule has 2 rings (SSSR count). The number of hydrogen-bond acceptors (Lipinski definition) is 4. The van der Waals surface area contributed by atoms with Crippen molar-refractivity contribution in [3.8, 4) is 0 Å². The summed E-state index contributed by atoms with van der Waals surface area (Å²) in [6, 6.07) is 3.40. The molecule has 0 saturated heterocycles. The highest BCUT2D eigenvalue weighted by atomic mass is 16.1. The maximum atomic E-state index is 11.8. The van der Waals surface area contributed by atoms with E-state index in [9.17, 15) is 4.79 Å². The minimum Gasteiger partial charge on any atom is -0.373 e. The lowest BCUT2D eigenvalue weighted by molar-refractivity contribution is 0.0954. The van der Waals surface area contributed by atoms with E-state index in [1.54, 1.807) is 37.9 Å². The van der Waals surface area contributed by atoms with Crippen LogP contribution in [0.25, 0.3) is 0 Å². The van der Waals surface area contributed by atoms with E-state index in [1.165, 1.54) is 0 Å². The Labute approximate surface area is 105 Å². The lowest BCUT2D eigenvalue weighted by Crippen LogP contribution is -2.25. The number of nitrogens with zero attached hydrogens (tertiary/aromatic N) is 2. The van der Waals surface area contributed by atoms with E-state index in [2.05, 4.69) is 25.6 Å². The standard InChI is InChI=1S/C12H15N5O/c1-13-11-6-9(2-4-15-11)12(18)16-5-3-10-7-14-8-17-10/h2,4,6-8H,3,5H2,1H3,(H,13,15)(H,14,17)(H,16,18). The second kappa shape index (κ2) is 5.81. The molecule has 94 valence electrons. The normalized spacial score (nSPS) is 10.1. The van der Waals surface area contributed by atoms with Gasteiger partial charge >= 0.3 is 0 Å². The van der Waals surface area contributed by atoms with Gasteiger partial charge in [-0.05, 0) is 12.1 Å². The predicted octanol–water partition coefficient (Wildman–Crippen LogP) is 0.819. The van der Waals surface area contributed by atoms with Crippen LogP contribution < -0.4 is 10.6 Å². The molecule has 1 amide bonds. The number of nitrogens with one attached hydrogen (secondary N) is 3. The number of aromatic nitrogens is 3. The molecule has 0 unspecified atom stereocenters. The Morgan fingerprint density at radius 1 is 1.50 bits per heavy atom. The Morgan fingerprint density at radius 3 is 3.11 bits per heavy atom. The zero-order valence-electron chi connectivity index (χ0n) is 10.1. The second-order valence-electron chi connectivity index (χ2n) is 3.76. The van der Waals surface area contributed by atoms with Crippen molar-refractivity contribution >= 4 is 11.7 Å². The monoisotopic (exact) mass is 245 g/mol. The molecular formula is C12H15N5O. The predicted molar refractivity (Wildman–Crippen MR) is 68.4 cm³/mol. The Balaban J connectivity index is 1.87. The van der Waals surface area contributed by atoms with Crippen LogP contribution in [0.3, 0.4) is 0 Å². The number of pyridine rings is 1. The third kappa shape index (κ3) is 3.07. The molecule has 2 aromatic rings. The van der Waals surface area contributed by atoms with E-state index in [0.717, 1.165) is 12.1 Å². The zero-order valence-corrected chi connectivity index (χ0v) is 10.1. The molecule has 2 heterocycles. The van der Waals surface area contributed by atoms with Crippen LogP contribution >= 0.6 is 0 Å². The maximum Gasteiger partial charge on any atom is 0.251 e. The topological polar surface area (TPSA) is 82.7 Å². The van der Waals surface area contributed by atoms with Gasteiger partial charge in [-0.1, -0.05) is 0 Å². The van der Waals surface area contributed by atoms with Crippen molar-refractivity contribution in [2.24, 2.45) is 0 Å². The van der Waals surface area contributed by atoms with Gasteiger partial charge in [0.2, 0.25) is 0 Å². The van der Waals surface area contributed by atoms with Crippen LogP contribution in [-0.4, -0.2) is 34.5 Å². The van der Waals surface area contributed by atoms with Crippen LogP contribution in [0.4, 0.5) is 5.82 Å². The molecule has 6 nitrogen and oxygen atoms in total. The van der Waals surface area contributed by atoms with Crippen molar-refractivity contribution in [2.45, 2.75) is 6.42 Å². The van der Waals surface area contributed by atoms with Gasteiger partial charge in [-0.2, -0.15) is 0 Å². The fourth-order valence-electron chi connectivity index (χ4n) is 1.54. The highest BCUT2D eigenvalue weighted by Crippen LogP contribution is 2.05. The SMILES string of the molecule is CNc1cc(C(=O)NCCc2cnc[nH]2)ccn1. The molecule has 0 spiro atoms. The van der Waals surface area contributed by atoms with Gasteiger partial charge in [0.1, 0.15) is 5.82 Å². The molecule has 3 N–H and O–H groups in total. The van der Waals surface area contributed by atoms with Crippen molar-refractivity contribution in [3.63, 3.8) is 0 Å². The summed E-state index contributed by atoms with van der Waals surface area (Å²) >= 11 is 0. The van der Waals surface area contributed by atoms with E-state index in [-0.39, 0.29) is 5.91 Å². The van der Waals surface area contributed by atoms with Crippen LogP contribution in [0.1, 0.15) is 16.1 Å². The van der Waals surface area contributed by atoms with E-state index in [1.807, 2.05) is 0 Å². The van der Waals surface area contributed by atoms with E-state index in [4.69, 9.17) is 0 Å². The van der Waals surface area contributed by atoms with Crippen LogP contribution in [0.15, 0.2) is 30.9 Å². The summed E-state index contributed by atoms with van der Waals surface area (Å²) in [5, 5.41) is 5.74. The highest BCUT2D eigenvalue weighted by molar-refractivity contribution is 5.94. The molecule has 2 aromatic heterocycles. The number of carbonyl (C=O) groups excluding carboxylic acids is 1. The van der Waals surface area contributed by atoms with Gasteiger partial charge in [0, 0.05) is 43.7 Å². The molecule has 0 atom stereocenters. The van der Waals surface area contributed by atoms with E-state index < -0.39 is 0 Å². The number of imidazole rings is 1. The van der Waals surface area contributed by atoms with Crippen LogP contribution in [0.2, 0.25) is 0 Å². The summed E-state index contributed by atoms with van der Waals surface area (Å²) < 4.78 is 0. The lowest BCUT2D eigenvalue weighted by Gasteiger charge is -2.05. The maximum absolute atomic E-state index is 11.8. The highest BCUT2D eigenvalue weighted by Gasteiger charge is 2.05. The van der Waals surface area contributed by atoms with Crippen LogP contribution in [-0.2, 0) is 6.42 Å². The number of aromatic amines is 1. The number of hydrogen-bond donors (Lipinski definition) is 3. The lowest BCUT2D eigenvalue weighted by atomic mass is 10.2. The fourth-order valence-corrected chi connectivity index (χ4v) is 1.54. The van der Waals surface area contributed by atoms with Gasteiger partial charge in [0.05, 0.1) is 6.33 Å². The van der Waals surface area contributed by atoms with Crippen LogP contribution in [0, 0.1) is 0 Å². The minimum atomic E-state index is -0.103. The summed E-state index contributed by atoms with van der Waals surface area (Å²) in [6.07, 6.45) is 5.71. The molecule has 0 aliphatic heterocycles. The Morgan fingerprint density at radius 2 is 2.39 bits per heavy atom. The molecular weight excluding hydrogens is 230 g/mol. The first kappa shape index (κ1) is 12.1. The molecule has 0 fully saturated rings. The third-order valence-electron chi connectivity index (χ3n) is 2.51. The van der Waals surface area contributed by atoms with Gasteiger partial charge in [-0.25, -0.2) is 9.97 Å². The zero-order chi connectivity index (χ0) is 12.8. The van der Waals surface area contributed by atoms with Gasteiger partial charge in [-0.3, -0.25) is 4.79 Å². The molecule has 0 aromatic carbocycles. The second-order valence-corrected chi connectivity index (χ2v) is 3.76. The summed E-state index contributed by atoms with van der Waals surface area (Å²) in [7, 11) is 1.77. The largest absolute Gasteiger partial charge is 0.373 e. The number of carbonyl (C=O) groups is 1. The first-order valence-electron chi connectivity index (χ1n) is 5.69.